The van der Waals surface area contributed by atoms with E-state index in [0.717, 1.165) is 95.0 Å². The first-order chi connectivity index (χ1) is 20.9. The highest BCUT2D eigenvalue weighted by atomic mass is 19.1. The van der Waals surface area contributed by atoms with Crippen molar-refractivity contribution in [3.8, 4) is 0 Å². The molecule has 2 aliphatic heterocycles. The van der Waals surface area contributed by atoms with E-state index in [9.17, 15) is 13.2 Å². The summed E-state index contributed by atoms with van der Waals surface area (Å²) in [6.07, 6.45) is 4.10. The first kappa shape index (κ1) is 31.5. The molecule has 0 aromatic heterocycles. The van der Waals surface area contributed by atoms with Gasteiger partial charge in [-0.05, 0) is 91.9 Å². The van der Waals surface area contributed by atoms with Crippen molar-refractivity contribution in [2.75, 3.05) is 65.4 Å². The second kappa shape index (κ2) is 15.2. The Morgan fingerprint density at radius 1 is 0.628 bits per heavy atom. The highest BCUT2D eigenvalue weighted by Gasteiger charge is 2.29. The van der Waals surface area contributed by atoms with Gasteiger partial charge in [0, 0.05) is 71.0 Å². The molecule has 3 aromatic carbocycles. The van der Waals surface area contributed by atoms with Gasteiger partial charge < -0.3 is 4.90 Å². The van der Waals surface area contributed by atoms with Crippen molar-refractivity contribution in [1.29, 1.82) is 0 Å². The van der Waals surface area contributed by atoms with Gasteiger partial charge in [-0.1, -0.05) is 42.5 Å². The van der Waals surface area contributed by atoms with Crippen molar-refractivity contribution in [3.63, 3.8) is 0 Å². The van der Waals surface area contributed by atoms with Crippen LogP contribution in [0, 0.1) is 17.5 Å². The van der Waals surface area contributed by atoms with Crippen molar-refractivity contribution in [2.24, 2.45) is 0 Å². The van der Waals surface area contributed by atoms with Crippen LogP contribution in [0.2, 0.25) is 0 Å². The van der Waals surface area contributed by atoms with E-state index in [2.05, 4.69) is 39.5 Å². The van der Waals surface area contributed by atoms with Gasteiger partial charge in [0.05, 0.1) is 0 Å². The van der Waals surface area contributed by atoms with Crippen molar-refractivity contribution in [3.05, 3.63) is 113 Å². The van der Waals surface area contributed by atoms with Gasteiger partial charge in [-0.3, -0.25) is 14.7 Å². The van der Waals surface area contributed by atoms with E-state index in [-0.39, 0.29) is 23.5 Å². The Kier molecular flexibility index (Phi) is 11.1. The number of hydrogen-bond donors (Lipinski definition) is 0. The molecule has 0 N–H and O–H groups in total. The van der Waals surface area contributed by atoms with Gasteiger partial charge >= 0.3 is 0 Å². The topological polar surface area (TPSA) is 13.0 Å². The average Bonchev–Trinajstić information content (AvgIpc) is 3.02. The first-order valence-electron chi connectivity index (χ1n) is 15.8. The maximum atomic E-state index is 13.7. The molecule has 2 fully saturated rings. The van der Waals surface area contributed by atoms with E-state index in [0.29, 0.717) is 6.04 Å². The lowest BCUT2D eigenvalue weighted by atomic mass is 9.96. The number of allylic oxidation sites excluding steroid dienone is 1. The molecule has 7 heteroatoms. The molecule has 43 heavy (non-hydrogen) atoms. The Morgan fingerprint density at radius 2 is 1.09 bits per heavy atom. The SMILES string of the molecule is CC(C)N1CCN(C(CN2CCN(CCCC=C(c3ccc(F)cc3)c3ccc(F)cc3)CC2)c2ccc(F)cc2)CC1. The third-order valence-corrected chi connectivity index (χ3v) is 9.01. The van der Waals surface area contributed by atoms with Crippen molar-refractivity contribution >= 4 is 5.57 Å². The molecule has 0 amide bonds. The van der Waals surface area contributed by atoms with Crippen molar-refractivity contribution in [1.82, 2.24) is 19.6 Å². The summed E-state index contributed by atoms with van der Waals surface area (Å²) in [6.45, 7) is 14.8. The van der Waals surface area contributed by atoms with Gasteiger partial charge in [-0.15, -0.1) is 0 Å². The van der Waals surface area contributed by atoms with Crippen LogP contribution in [0.4, 0.5) is 13.2 Å². The van der Waals surface area contributed by atoms with E-state index in [4.69, 9.17) is 0 Å². The Labute approximate surface area is 255 Å². The minimum Gasteiger partial charge on any atom is -0.301 e. The van der Waals surface area contributed by atoms with Crippen LogP contribution in [0.15, 0.2) is 78.9 Å². The minimum absolute atomic E-state index is 0.182. The molecule has 230 valence electrons. The minimum atomic E-state index is -0.265. The van der Waals surface area contributed by atoms with E-state index < -0.39 is 0 Å². The van der Waals surface area contributed by atoms with Gasteiger partial charge in [0.25, 0.3) is 0 Å². The Balaban J connectivity index is 1.14. The van der Waals surface area contributed by atoms with Crippen LogP contribution in [0.3, 0.4) is 0 Å². The van der Waals surface area contributed by atoms with E-state index >= 15 is 0 Å². The summed E-state index contributed by atoms with van der Waals surface area (Å²) in [5.41, 5.74) is 4.07. The Hall–Kier alpha value is -2.97. The first-order valence-corrected chi connectivity index (χ1v) is 15.8. The predicted molar refractivity (Wildman–Crippen MR) is 169 cm³/mol. The summed E-state index contributed by atoms with van der Waals surface area (Å²) in [4.78, 5) is 10.2. The summed E-state index contributed by atoms with van der Waals surface area (Å²) >= 11 is 0. The molecule has 3 aromatic rings. The summed E-state index contributed by atoms with van der Waals surface area (Å²) in [7, 11) is 0. The normalized spacial score (nSPS) is 18.2. The Morgan fingerprint density at radius 3 is 1.60 bits per heavy atom. The van der Waals surface area contributed by atoms with E-state index in [1.807, 2.05) is 12.1 Å². The molecule has 0 saturated carbocycles. The van der Waals surface area contributed by atoms with Gasteiger partial charge in [0.2, 0.25) is 0 Å². The van der Waals surface area contributed by atoms with E-state index in [1.165, 1.54) is 29.8 Å². The van der Waals surface area contributed by atoms with Crippen molar-refractivity contribution < 1.29 is 13.2 Å². The lowest BCUT2D eigenvalue weighted by Gasteiger charge is -2.43. The largest absolute Gasteiger partial charge is 0.301 e. The van der Waals surface area contributed by atoms with Gasteiger partial charge in [-0.25, -0.2) is 13.2 Å². The molecule has 0 bridgehead atoms. The smallest absolute Gasteiger partial charge is 0.123 e. The van der Waals surface area contributed by atoms with E-state index in [1.54, 1.807) is 36.4 Å². The highest BCUT2D eigenvalue weighted by Crippen LogP contribution is 2.27. The number of piperazine rings is 2. The molecule has 2 saturated heterocycles. The van der Waals surface area contributed by atoms with Gasteiger partial charge in [-0.2, -0.15) is 0 Å². The molecule has 0 radical (unpaired) electrons. The predicted octanol–water partition coefficient (Wildman–Crippen LogP) is 6.70. The van der Waals surface area contributed by atoms with Crippen LogP contribution < -0.4 is 0 Å². The number of unbranched alkanes of at least 4 members (excludes halogenated alkanes) is 1. The fraction of sp³-hybridized carbons (Fsp3) is 0.444. The standard InChI is InChI=1S/C36H45F3N4/c1-28(2)42-23-25-43(26-24-42)36(31-10-16-34(39)17-11-31)27-41-21-19-40(20-22-41)18-4-3-5-35(29-6-12-32(37)13-7-29)30-8-14-33(38)15-9-30/h5-17,28,36H,3-4,18-27H2,1-2H3. The quantitative estimate of drug-likeness (QED) is 0.231. The van der Waals surface area contributed by atoms with Crippen molar-refractivity contribution in [2.45, 2.75) is 38.8 Å². The fourth-order valence-corrected chi connectivity index (χ4v) is 6.34. The number of benzene rings is 3. The average molecular weight is 591 g/mol. The summed E-state index contributed by atoms with van der Waals surface area (Å²) in [5, 5.41) is 0. The van der Waals surface area contributed by atoms with Crippen LogP contribution in [-0.2, 0) is 0 Å². The Bertz CT molecular complexity index is 1240. The number of nitrogens with zero attached hydrogens (tertiary/aromatic N) is 4. The van der Waals surface area contributed by atoms with Crippen LogP contribution >= 0.6 is 0 Å². The molecular weight excluding hydrogens is 545 g/mol. The lowest BCUT2D eigenvalue weighted by molar-refractivity contribution is 0.0481. The number of rotatable bonds is 11. The summed E-state index contributed by atoms with van der Waals surface area (Å²) < 4.78 is 40.9. The zero-order valence-corrected chi connectivity index (χ0v) is 25.6. The number of halogens is 3. The highest BCUT2D eigenvalue weighted by molar-refractivity contribution is 5.79. The maximum Gasteiger partial charge on any atom is 0.123 e. The molecule has 2 heterocycles. The summed E-state index contributed by atoms with van der Waals surface area (Å²) in [6, 6.07) is 21.0. The van der Waals surface area contributed by atoms with Gasteiger partial charge in [0.15, 0.2) is 0 Å². The second-order valence-electron chi connectivity index (χ2n) is 12.1. The molecule has 0 spiro atoms. The van der Waals surface area contributed by atoms with Crippen LogP contribution in [0.1, 0.15) is 49.4 Å². The molecule has 5 rings (SSSR count). The van der Waals surface area contributed by atoms with Gasteiger partial charge in [0.1, 0.15) is 17.5 Å². The fourth-order valence-electron chi connectivity index (χ4n) is 6.34. The van der Waals surface area contributed by atoms with Crippen LogP contribution in [0.5, 0.6) is 0 Å². The van der Waals surface area contributed by atoms with Crippen LogP contribution in [0.25, 0.3) is 5.57 Å². The second-order valence-corrected chi connectivity index (χ2v) is 12.1. The molecule has 0 aliphatic carbocycles. The molecule has 2 aliphatic rings. The molecule has 1 unspecified atom stereocenters. The molecule has 1 atom stereocenters. The summed E-state index contributed by atoms with van der Waals surface area (Å²) in [5.74, 6) is -0.712. The monoisotopic (exact) mass is 590 g/mol. The maximum absolute atomic E-state index is 13.7. The van der Waals surface area contributed by atoms with Crippen LogP contribution in [-0.4, -0.2) is 91.1 Å². The zero-order valence-electron chi connectivity index (χ0n) is 25.6. The number of hydrogen-bond acceptors (Lipinski definition) is 4. The molecular formula is C36H45F3N4. The molecule has 4 nitrogen and oxygen atoms in total. The third kappa shape index (κ3) is 8.79. The zero-order chi connectivity index (χ0) is 30.2. The third-order valence-electron chi connectivity index (χ3n) is 9.01. The lowest BCUT2D eigenvalue weighted by Crippen LogP contribution is -2.53.